The molecule has 2 heterocycles. The Hall–Kier alpha value is -1.43. The number of carboxylic acids is 1. The molecule has 1 atom stereocenters. The minimum Gasteiger partial charge on any atom is -0.475 e. The fraction of sp³-hybridized carbons (Fsp3) is 0.667. The Morgan fingerprint density at radius 3 is 3.00 bits per heavy atom. The van der Waals surface area contributed by atoms with E-state index in [0.29, 0.717) is 5.89 Å². The molecule has 6 nitrogen and oxygen atoms in total. The molecule has 15 heavy (non-hydrogen) atoms. The Labute approximate surface area is 86.7 Å². The number of hydrogen-bond donors (Lipinski definition) is 2. The zero-order valence-corrected chi connectivity index (χ0v) is 8.49. The van der Waals surface area contributed by atoms with Crippen LogP contribution in [0.4, 0.5) is 0 Å². The van der Waals surface area contributed by atoms with Crippen LogP contribution in [0.1, 0.15) is 36.3 Å². The van der Waals surface area contributed by atoms with Crippen LogP contribution in [0.5, 0.6) is 0 Å². The van der Waals surface area contributed by atoms with Crippen molar-refractivity contribution in [2.45, 2.75) is 25.2 Å². The normalized spacial score (nSPS) is 25.7. The minimum absolute atomic E-state index is 0.180. The van der Waals surface area contributed by atoms with Crippen LogP contribution in [0, 0.1) is 0 Å². The average Bonchev–Trinajstić information content (AvgIpc) is 2.87. The standard InChI is InChI=1S/C9H13N3O3/c1-2-9(3-4-10-5-9)8-11-6(7(13)14)12-15-8/h10H,2-5H2,1H3,(H,13,14). The molecule has 0 spiro atoms. The predicted octanol–water partition coefficient (Wildman–Crippen LogP) is 0.409. The monoisotopic (exact) mass is 211 g/mol. The number of hydrogen-bond acceptors (Lipinski definition) is 5. The van der Waals surface area contributed by atoms with Crippen LogP contribution < -0.4 is 5.32 Å². The van der Waals surface area contributed by atoms with Gasteiger partial charge in [-0.2, -0.15) is 4.98 Å². The van der Waals surface area contributed by atoms with Gasteiger partial charge in [0, 0.05) is 6.54 Å². The molecule has 1 fully saturated rings. The average molecular weight is 211 g/mol. The van der Waals surface area contributed by atoms with Gasteiger partial charge in [0.2, 0.25) is 5.89 Å². The second kappa shape index (κ2) is 3.62. The number of aromatic nitrogens is 2. The van der Waals surface area contributed by atoms with Crippen LogP contribution in [0.15, 0.2) is 4.52 Å². The van der Waals surface area contributed by atoms with Crippen LogP contribution in [0.3, 0.4) is 0 Å². The lowest BCUT2D eigenvalue weighted by Crippen LogP contribution is -2.28. The second-order valence-electron chi connectivity index (χ2n) is 3.79. The molecular formula is C9H13N3O3. The summed E-state index contributed by atoms with van der Waals surface area (Å²) in [5.74, 6) is -0.973. The summed E-state index contributed by atoms with van der Waals surface area (Å²) in [6.45, 7) is 3.71. The highest BCUT2D eigenvalue weighted by Gasteiger charge is 2.39. The SMILES string of the molecule is CCC1(c2nc(C(=O)O)no2)CCNC1. The second-order valence-corrected chi connectivity index (χ2v) is 3.79. The van der Waals surface area contributed by atoms with Crippen molar-refractivity contribution in [2.75, 3.05) is 13.1 Å². The Bertz CT molecular complexity index is 368. The zero-order chi connectivity index (χ0) is 10.9. The summed E-state index contributed by atoms with van der Waals surface area (Å²) in [6, 6.07) is 0. The van der Waals surface area contributed by atoms with E-state index in [2.05, 4.69) is 15.5 Å². The molecule has 0 amide bonds. The van der Waals surface area contributed by atoms with E-state index in [1.165, 1.54) is 0 Å². The van der Waals surface area contributed by atoms with Crippen LogP contribution >= 0.6 is 0 Å². The molecule has 2 rings (SSSR count). The van der Waals surface area contributed by atoms with Gasteiger partial charge in [0.15, 0.2) is 0 Å². The number of carbonyl (C=O) groups is 1. The Kier molecular flexibility index (Phi) is 2.44. The van der Waals surface area contributed by atoms with Crippen molar-refractivity contribution < 1.29 is 14.4 Å². The van der Waals surface area contributed by atoms with E-state index in [0.717, 1.165) is 25.9 Å². The molecule has 0 aliphatic carbocycles. The molecular weight excluding hydrogens is 198 g/mol. The van der Waals surface area contributed by atoms with Gasteiger partial charge in [0.05, 0.1) is 5.41 Å². The lowest BCUT2D eigenvalue weighted by Gasteiger charge is -2.20. The van der Waals surface area contributed by atoms with Crippen molar-refractivity contribution in [1.29, 1.82) is 0 Å². The molecule has 1 aromatic heterocycles. The fourth-order valence-electron chi connectivity index (χ4n) is 1.91. The van der Waals surface area contributed by atoms with Gasteiger partial charge in [-0.25, -0.2) is 4.79 Å². The van der Waals surface area contributed by atoms with E-state index in [4.69, 9.17) is 9.63 Å². The van der Waals surface area contributed by atoms with Gasteiger partial charge in [0.25, 0.3) is 5.82 Å². The van der Waals surface area contributed by atoms with Crippen LogP contribution in [0.2, 0.25) is 0 Å². The molecule has 1 aliphatic rings. The highest BCUT2D eigenvalue weighted by molar-refractivity contribution is 5.82. The summed E-state index contributed by atoms with van der Waals surface area (Å²) in [5, 5.41) is 15.4. The third-order valence-electron chi connectivity index (χ3n) is 2.99. The molecule has 2 N–H and O–H groups in total. The van der Waals surface area contributed by atoms with Crippen LogP contribution in [-0.2, 0) is 5.41 Å². The van der Waals surface area contributed by atoms with Crippen molar-refractivity contribution in [3.63, 3.8) is 0 Å². The summed E-state index contributed by atoms with van der Waals surface area (Å²) in [7, 11) is 0. The predicted molar refractivity (Wildman–Crippen MR) is 50.7 cm³/mol. The molecule has 0 aromatic carbocycles. The Morgan fingerprint density at radius 2 is 2.53 bits per heavy atom. The van der Waals surface area contributed by atoms with Crippen LogP contribution in [-0.4, -0.2) is 34.3 Å². The van der Waals surface area contributed by atoms with Gasteiger partial charge < -0.3 is 14.9 Å². The lowest BCUT2D eigenvalue weighted by atomic mass is 9.84. The third-order valence-corrected chi connectivity index (χ3v) is 2.99. The molecule has 1 aromatic rings. The summed E-state index contributed by atoms with van der Waals surface area (Å²) in [5.41, 5.74) is -0.180. The van der Waals surface area contributed by atoms with Gasteiger partial charge in [-0.1, -0.05) is 6.92 Å². The summed E-state index contributed by atoms with van der Waals surface area (Å²) < 4.78 is 5.02. The van der Waals surface area contributed by atoms with E-state index in [1.54, 1.807) is 0 Å². The summed E-state index contributed by atoms with van der Waals surface area (Å²) >= 11 is 0. The first-order valence-electron chi connectivity index (χ1n) is 4.96. The number of nitrogens with zero attached hydrogens (tertiary/aromatic N) is 2. The Morgan fingerprint density at radius 1 is 1.73 bits per heavy atom. The minimum atomic E-state index is -1.15. The molecule has 6 heteroatoms. The first-order chi connectivity index (χ1) is 7.18. The molecule has 1 aliphatic heterocycles. The molecule has 0 radical (unpaired) electrons. The number of carboxylic acid groups (broad SMARTS) is 1. The van der Waals surface area contributed by atoms with Gasteiger partial charge in [-0.15, -0.1) is 0 Å². The van der Waals surface area contributed by atoms with Gasteiger partial charge in [-0.05, 0) is 24.5 Å². The van der Waals surface area contributed by atoms with Gasteiger partial charge in [-0.3, -0.25) is 0 Å². The van der Waals surface area contributed by atoms with Crippen molar-refractivity contribution in [2.24, 2.45) is 0 Å². The van der Waals surface area contributed by atoms with E-state index in [9.17, 15) is 4.79 Å². The number of rotatable bonds is 3. The number of nitrogens with one attached hydrogen (secondary N) is 1. The molecule has 82 valence electrons. The zero-order valence-electron chi connectivity index (χ0n) is 8.49. The third kappa shape index (κ3) is 1.61. The maximum Gasteiger partial charge on any atom is 0.377 e. The number of aromatic carboxylic acids is 1. The maximum atomic E-state index is 10.6. The Balaban J connectivity index is 2.30. The summed E-state index contributed by atoms with van der Waals surface area (Å²) in [6.07, 6.45) is 1.77. The van der Waals surface area contributed by atoms with Gasteiger partial charge in [0.1, 0.15) is 0 Å². The largest absolute Gasteiger partial charge is 0.475 e. The van der Waals surface area contributed by atoms with Crippen LogP contribution in [0.25, 0.3) is 0 Å². The topological polar surface area (TPSA) is 88.2 Å². The molecule has 1 unspecified atom stereocenters. The summed E-state index contributed by atoms with van der Waals surface area (Å²) in [4.78, 5) is 14.5. The first-order valence-corrected chi connectivity index (χ1v) is 4.96. The maximum absolute atomic E-state index is 10.6. The first kappa shape index (κ1) is 10.1. The fourth-order valence-corrected chi connectivity index (χ4v) is 1.91. The molecule has 0 bridgehead atoms. The van der Waals surface area contributed by atoms with Crippen molar-refractivity contribution in [3.8, 4) is 0 Å². The smallest absolute Gasteiger partial charge is 0.377 e. The van der Waals surface area contributed by atoms with E-state index < -0.39 is 5.97 Å². The van der Waals surface area contributed by atoms with E-state index >= 15 is 0 Å². The highest BCUT2D eigenvalue weighted by Crippen LogP contribution is 2.32. The molecule has 1 saturated heterocycles. The lowest BCUT2D eigenvalue weighted by molar-refractivity contribution is 0.0680. The van der Waals surface area contributed by atoms with Crippen molar-refractivity contribution >= 4 is 5.97 Å². The van der Waals surface area contributed by atoms with Crippen molar-refractivity contribution in [1.82, 2.24) is 15.5 Å². The molecule has 0 saturated carbocycles. The van der Waals surface area contributed by atoms with Crippen molar-refractivity contribution in [3.05, 3.63) is 11.7 Å². The van der Waals surface area contributed by atoms with E-state index in [-0.39, 0.29) is 11.2 Å². The van der Waals surface area contributed by atoms with Gasteiger partial charge >= 0.3 is 5.97 Å². The van der Waals surface area contributed by atoms with E-state index in [1.807, 2.05) is 6.92 Å². The quantitative estimate of drug-likeness (QED) is 0.752. The highest BCUT2D eigenvalue weighted by atomic mass is 16.5.